The molecule has 82 valence electrons. The fourth-order valence-electron chi connectivity index (χ4n) is 0.736. The van der Waals surface area contributed by atoms with Crippen molar-refractivity contribution in [2.75, 3.05) is 7.11 Å². The highest BCUT2D eigenvalue weighted by Crippen LogP contribution is 2.29. The molecule has 0 unspecified atom stereocenters. The summed E-state index contributed by atoms with van der Waals surface area (Å²) in [5, 5.41) is 4.97. The number of carbonyl (C=O) groups is 1. The minimum atomic E-state index is -4.95. The number of rotatable bonds is 1. The van der Waals surface area contributed by atoms with Crippen molar-refractivity contribution < 1.29 is 27.1 Å². The van der Waals surface area contributed by atoms with Gasteiger partial charge in [0.05, 0.1) is 7.11 Å². The molecule has 0 atom stereocenters. The zero-order valence-electron chi connectivity index (χ0n) is 7.17. The van der Waals surface area contributed by atoms with E-state index in [4.69, 9.17) is 0 Å². The first-order chi connectivity index (χ1) is 6.86. The van der Waals surface area contributed by atoms with Crippen LogP contribution >= 0.6 is 0 Å². The van der Waals surface area contributed by atoms with Crippen molar-refractivity contribution in [1.82, 2.24) is 15.2 Å². The molecule has 0 spiro atoms. The average molecular weight is 225 g/mol. The molecule has 1 aromatic heterocycles. The van der Waals surface area contributed by atoms with Crippen molar-refractivity contribution in [3.05, 3.63) is 17.5 Å². The maximum atomic E-state index is 12.4. The Morgan fingerprint density at radius 1 is 1.33 bits per heavy atom. The van der Waals surface area contributed by atoms with Gasteiger partial charge in [-0.15, -0.1) is 5.10 Å². The molecule has 0 aromatic carbocycles. The Balaban J connectivity index is 3.33. The Morgan fingerprint density at radius 3 is 2.40 bits per heavy atom. The summed E-state index contributed by atoms with van der Waals surface area (Å²) in [5.41, 5.74) is -2.94. The van der Waals surface area contributed by atoms with Crippen molar-refractivity contribution in [2.24, 2.45) is 0 Å². The minimum absolute atomic E-state index is 0.836. The van der Waals surface area contributed by atoms with Crippen molar-refractivity contribution in [2.45, 2.75) is 6.18 Å². The van der Waals surface area contributed by atoms with Crippen molar-refractivity contribution in [3.8, 4) is 0 Å². The number of hydrogen-bond donors (Lipinski definition) is 0. The largest absolute Gasteiger partial charge is 0.464 e. The molecular weight excluding hydrogens is 222 g/mol. The molecule has 0 aliphatic heterocycles. The summed E-state index contributed by atoms with van der Waals surface area (Å²) in [4.78, 5) is 13.5. The van der Waals surface area contributed by atoms with E-state index in [1.807, 2.05) is 0 Å². The maximum Gasteiger partial charge on any atom is 0.437 e. The molecule has 0 fully saturated rings. The monoisotopic (exact) mass is 225 g/mol. The number of esters is 1. The zero-order valence-corrected chi connectivity index (χ0v) is 7.17. The highest BCUT2D eigenvalue weighted by Gasteiger charge is 2.39. The minimum Gasteiger partial charge on any atom is -0.464 e. The Labute approximate surface area is 80.1 Å². The molecule has 1 rings (SSSR count). The van der Waals surface area contributed by atoms with E-state index in [1.165, 1.54) is 0 Å². The second-order valence-corrected chi connectivity index (χ2v) is 2.27. The SMILES string of the molecule is COC(=O)c1nc(F)nnc1C(F)(F)F. The van der Waals surface area contributed by atoms with Crippen LogP contribution in [0.15, 0.2) is 0 Å². The second kappa shape index (κ2) is 3.75. The first-order valence-corrected chi connectivity index (χ1v) is 3.42. The summed E-state index contributed by atoms with van der Waals surface area (Å²) < 4.78 is 53.0. The number of halogens is 4. The van der Waals surface area contributed by atoms with Crippen LogP contribution in [0.4, 0.5) is 17.6 Å². The lowest BCUT2D eigenvalue weighted by atomic mass is 10.3. The van der Waals surface area contributed by atoms with Crippen LogP contribution in [0, 0.1) is 6.08 Å². The van der Waals surface area contributed by atoms with E-state index in [9.17, 15) is 22.4 Å². The summed E-state index contributed by atoms with van der Waals surface area (Å²) in [7, 11) is 0.836. The third-order valence-electron chi connectivity index (χ3n) is 1.31. The highest BCUT2D eigenvalue weighted by molar-refractivity contribution is 5.88. The topological polar surface area (TPSA) is 65.0 Å². The fraction of sp³-hybridized carbons (Fsp3) is 0.333. The number of alkyl halides is 3. The van der Waals surface area contributed by atoms with Gasteiger partial charge in [-0.2, -0.15) is 22.5 Å². The van der Waals surface area contributed by atoms with E-state index in [-0.39, 0.29) is 0 Å². The predicted molar refractivity (Wildman–Crippen MR) is 36.1 cm³/mol. The van der Waals surface area contributed by atoms with Crippen LogP contribution < -0.4 is 0 Å². The molecule has 0 saturated heterocycles. The smallest absolute Gasteiger partial charge is 0.437 e. The third-order valence-corrected chi connectivity index (χ3v) is 1.31. The lowest BCUT2D eigenvalue weighted by Gasteiger charge is -2.07. The van der Waals surface area contributed by atoms with Crippen LogP contribution in [0.1, 0.15) is 16.2 Å². The van der Waals surface area contributed by atoms with Gasteiger partial charge < -0.3 is 4.74 Å². The van der Waals surface area contributed by atoms with Gasteiger partial charge in [0, 0.05) is 0 Å². The van der Waals surface area contributed by atoms with Gasteiger partial charge in [-0.3, -0.25) is 0 Å². The number of methoxy groups -OCH3 is 1. The summed E-state index contributed by atoms with van der Waals surface area (Å²) in [6.45, 7) is 0. The quantitative estimate of drug-likeness (QED) is 0.522. The molecule has 5 nitrogen and oxygen atoms in total. The summed E-state index contributed by atoms with van der Waals surface area (Å²) in [6, 6.07) is 0. The number of nitrogens with zero attached hydrogens (tertiary/aromatic N) is 3. The number of aromatic nitrogens is 3. The van der Waals surface area contributed by atoms with Gasteiger partial charge >= 0.3 is 18.2 Å². The molecule has 0 bridgehead atoms. The molecule has 0 aliphatic rings. The van der Waals surface area contributed by atoms with Crippen molar-refractivity contribution in [1.29, 1.82) is 0 Å². The number of carbonyl (C=O) groups excluding carboxylic acids is 1. The van der Waals surface area contributed by atoms with Gasteiger partial charge in [-0.05, 0) is 0 Å². The van der Waals surface area contributed by atoms with Crippen molar-refractivity contribution in [3.63, 3.8) is 0 Å². The number of ether oxygens (including phenoxy) is 1. The van der Waals surface area contributed by atoms with Crippen LogP contribution in [0.2, 0.25) is 0 Å². The Bertz CT molecular complexity index is 392. The first-order valence-electron chi connectivity index (χ1n) is 3.42. The molecule has 0 amide bonds. The van der Waals surface area contributed by atoms with Gasteiger partial charge in [0.1, 0.15) is 0 Å². The third kappa shape index (κ3) is 2.36. The standard InChI is InChI=1S/C6H3F4N3O2/c1-15-4(14)2-3(6(8,9)10)12-13-5(7)11-2/h1H3. The van der Waals surface area contributed by atoms with Crippen LogP contribution in [-0.2, 0) is 10.9 Å². The van der Waals surface area contributed by atoms with Gasteiger partial charge in [0.15, 0.2) is 11.4 Å². The Hall–Kier alpha value is -1.80. The molecule has 9 heteroatoms. The molecule has 15 heavy (non-hydrogen) atoms. The summed E-state index contributed by atoms with van der Waals surface area (Å²) >= 11 is 0. The Kier molecular flexibility index (Phi) is 2.82. The average Bonchev–Trinajstić information content (AvgIpc) is 2.14. The lowest BCUT2D eigenvalue weighted by molar-refractivity contribution is -0.142. The second-order valence-electron chi connectivity index (χ2n) is 2.27. The van der Waals surface area contributed by atoms with E-state index in [0.29, 0.717) is 0 Å². The van der Waals surface area contributed by atoms with Crippen molar-refractivity contribution >= 4 is 5.97 Å². The molecule has 0 saturated carbocycles. The van der Waals surface area contributed by atoms with Gasteiger partial charge in [0.25, 0.3) is 0 Å². The lowest BCUT2D eigenvalue weighted by Crippen LogP contribution is -2.20. The van der Waals surface area contributed by atoms with E-state index in [2.05, 4.69) is 19.9 Å². The van der Waals surface area contributed by atoms with E-state index < -0.39 is 29.6 Å². The first kappa shape index (κ1) is 11.3. The maximum absolute atomic E-state index is 12.4. The van der Waals surface area contributed by atoms with Gasteiger partial charge in [-0.1, -0.05) is 5.10 Å². The van der Waals surface area contributed by atoms with Crippen LogP contribution in [-0.4, -0.2) is 28.3 Å². The van der Waals surface area contributed by atoms with Gasteiger partial charge in [-0.25, -0.2) is 4.79 Å². The highest BCUT2D eigenvalue weighted by atomic mass is 19.4. The zero-order chi connectivity index (χ0) is 11.6. The predicted octanol–water partition coefficient (Wildman–Crippen LogP) is 0.816. The molecule has 0 N–H and O–H groups in total. The van der Waals surface area contributed by atoms with E-state index in [0.717, 1.165) is 7.11 Å². The van der Waals surface area contributed by atoms with E-state index in [1.54, 1.807) is 0 Å². The van der Waals surface area contributed by atoms with Crippen LogP contribution in [0.3, 0.4) is 0 Å². The molecule has 0 radical (unpaired) electrons. The van der Waals surface area contributed by atoms with E-state index >= 15 is 0 Å². The number of hydrogen-bond acceptors (Lipinski definition) is 5. The summed E-state index contributed by atoms with van der Waals surface area (Å²) in [6.07, 6.45) is -6.49. The molecule has 0 aliphatic carbocycles. The summed E-state index contributed by atoms with van der Waals surface area (Å²) in [5.74, 6) is -1.43. The molecular formula is C6H3F4N3O2. The van der Waals surface area contributed by atoms with Gasteiger partial charge in [0.2, 0.25) is 0 Å². The fourth-order valence-corrected chi connectivity index (χ4v) is 0.736. The van der Waals surface area contributed by atoms with Crippen LogP contribution in [0.5, 0.6) is 0 Å². The molecule has 1 heterocycles. The molecule has 1 aromatic rings. The normalized spacial score (nSPS) is 11.3. The van der Waals surface area contributed by atoms with Crippen LogP contribution in [0.25, 0.3) is 0 Å². The Morgan fingerprint density at radius 2 is 1.93 bits per heavy atom.